The second-order valence-electron chi connectivity index (χ2n) is 3.78. The molecule has 1 atom stereocenters. The van der Waals surface area contributed by atoms with Crippen LogP contribution in [-0.2, 0) is 0 Å². The maximum atomic E-state index is 4.47. The molecule has 0 saturated carbocycles. The average Bonchev–Trinajstić information content (AvgIpc) is 2.90. The molecule has 2 aromatic heterocycles. The Labute approximate surface area is 106 Å². The first-order valence-corrected chi connectivity index (χ1v) is 6.66. The molecule has 4 heteroatoms. The van der Waals surface area contributed by atoms with Gasteiger partial charge in [-0.1, -0.05) is 19.1 Å². The van der Waals surface area contributed by atoms with Crippen molar-refractivity contribution in [3.63, 3.8) is 0 Å². The molecule has 1 unspecified atom stereocenters. The van der Waals surface area contributed by atoms with Crippen molar-refractivity contribution in [2.75, 3.05) is 17.7 Å². The van der Waals surface area contributed by atoms with Crippen LogP contribution in [0.3, 0.4) is 0 Å². The van der Waals surface area contributed by atoms with Crippen molar-refractivity contribution in [1.82, 2.24) is 4.98 Å². The predicted octanol–water partition coefficient (Wildman–Crippen LogP) is 3.75. The van der Waals surface area contributed by atoms with Crippen LogP contribution >= 0.6 is 11.3 Å². The zero-order valence-corrected chi connectivity index (χ0v) is 10.9. The van der Waals surface area contributed by atoms with Gasteiger partial charge in [0, 0.05) is 11.9 Å². The molecule has 0 spiro atoms. The third-order valence-corrected chi connectivity index (χ3v) is 3.61. The van der Waals surface area contributed by atoms with Gasteiger partial charge in [-0.15, -0.1) is 11.3 Å². The highest BCUT2D eigenvalue weighted by Gasteiger charge is 2.10. The molecule has 3 nitrogen and oxygen atoms in total. The van der Waals surface area contributed by atoms with Crippen LogP contribution in [0.5, 0.6) is 0 Å². The maximum Gasteiger partial charge on any atom is 0.128 e. The van der Waals surface area contributed by atoms with E-state index in [0.717, 1.165) is 18.1 Å². The molecule has 2 heterocycles. The van der Waals surface area contributed by atoms with Gasteiger partial charge in [0.1, 0.15) is 11.6 Å². The lowest BCUT2D eigenvalue weighted by Crippen LogP contribution is -2.09. The number of pyridine rings is 1. The molecule has 2 N–H and O–H groups in total. The topological polar surface area (TPSA) is 37.0 Å². The molecule has 0 aromatic carbocycles. The molecular weight excluding hydrogens is 230 g/mol. The van der Waals surface area contributed by atoms with E-state index in [-0.39, 0.29) is 0 Å². The van der Waals surface area contributed by atoms with E-state index in [9.17, 15) is 0 Å². The lowest BCUT2D eigenvalue weighted by atomic mass is 10.2. The zero-order chi connectivity index (χ0) is 12.1. The SMILES string of the molecule is CCC(Nc1cccc(NC)n1)c1cccs1. The minimum Gasteiger partial charge on any atom is -0.373 e. The van der Waals surface area contributed by atoms with Crippen LogP contribution in [0, 0.1) is 0 Å². The first kappa shape index (κ1) is 11.9. The normalized spacial score (nSPS) is 12.1. The largest absolute Gasteiger partial charge is 0.373 e. The molecule has 0 saturated heterocycles. The van der Waals surface area contributed by atoms with E-state index in [0.29, 0.717) is 6.04 Å². The average molecular weight is 247 g/mol. The van der Waals surface area contributed by atoms with Gasteiger partial charge in [-0.3, -0.25) is 0 Å². The third kappa shape index (κ3) is 2.97. The number of hydrogen-bond acceptors (Lipinski definition) is 4. The molecule has 17 heavy (non-hydrogen) atoms. The Morgan fingerprint density at radius 3 is 2.71 bits per heavy atom. The Balaban J connectivity index is 2.13. The summed E-state index contributed by atoms with van der Waals surface area (Å²) in [5, 5.41) is 8.62. The molecule has 0 fully saturated rings. The van der Waals surface area contributed by atoms with Crippen LogP contribution in [-0.4, -0.2) is 12.0 Å². The molecular formula is C13H17N3S. The predicted molar refractivity (Wildman–Crippen MR) is 74.8 cm³/mol. The summed E-state index contributed by atoms with van der Waals surface area (Å²) in [5.74, 6) is 1.80. The molecule has 0 radical (unpaired) electrons. The van der Waals surface area contributed by atoms with Gasteiger partial charge in [-0.05, 0) is 30.0 Å². The van der Waals surface area contributed by atoms with E-state index in [1.807, 2.05) is 25.2 Å². The highest BCUT2D eigenvalue weighted by molar-refractivity contribution is 7.10. The lowest BCUT2D eigenvalue weighted by Gasteiger charge is -2.16. The smallest absolute Gasteiger partial charge is 0.128 e. The van der Waals surface area contributed by atoms with Gasteiger partial charge in [0.05, 0.1) is 6.04 Å². The van der Waals surface area contributed by atoms with Crippen molar-refractivity contribution in [2.24, 2.45) is 0 Å². The van der Waals surface area contributed by atoms with Gasteiger partial charge in [0.15, 0.2) is 0 Å². The van der Waals surface area contributed by atoms with Crippen molar-refractivity contribution in [1.29, 1.82) is 0 Å². The van der Waals surface area contributed by atoms with Crippen molar-refractivity contribution >= 4 is 23.0 Å². The molecule has 0 bridgehead atoms. The van der Waals surface area contributed by atoms with Crippen molar-refractivity contribution < 1.29 is 0 Å². The van der Waals surface area contributed by atoms with Gasteiger partial charge >= 0.3 is 0 Å². The molecule has 0 aliphatic rings. The van der Waals surface area contributed by atoms with Gasteiger partial charge < -0.3 is 10.6 Å². The zero-order valence-electron chi connectivity index (χ0n) is 10.1. The van der Waals surface area contributed by atoms with E-state index < -0.39 is 0 Å². The lowest BCUT2D eigenvalue weighted by molar-refractivity contribution is 0.759. The fraction of sp³-hybridized carbons (Fsp3) is 0.308. The van der Waals surface area contributed by atoms with E-state index >= 15 is 0 Å². The number of anilines is 2. The van der Waals surface area contributed by atoms with Gasteiger partial charge in [0.25, 0.3) is 0 Å². The van der Waals surface area contributed by atoms with E-state index in [4.69, 9.17) is 0 Å². The van der Waals surface area contributed by atoms with Crippen LogP contribution in [0.15, 0.2) is 35.7 Å². The van der Waals surface area contributed by atoms with Gasteiger partial charge in [0.2, 0.25) is 0 Å². The molecule has 2 rings (SSSR count). The van der Waals surface area contributed by atoms with Crippen molar-refractivity contribution in [3.05, 3.63) is 40.6 Å². The summed E-state index contributed by atoms with van der Waals surface area (Å²) in [6, 6.07) is 10.5. The molecule has 2 aromatic rings. The number of rotatable bonds is 5. The number of aromatic nitrogens is 1. The number of nitrogens with one attached hydrogen (secondary N) is 2. The highest BCUT2D eigenvalue weighted by Crippen LogP contribution is 2.25. The minimum absolute atomic E-state index is 0.342. The standard InChI is InChI=1S/C13H17N3S/c1-3-10(11-6-5-9-17-11)15-13-8-4-7-12(14-2)16-13/h4-10H,3H2,1-2H3,(H2,14,15,16). The van der Waals surface area contributed by atoms with E-state index in [1.165, 1.54) is 4.88 Å². The summed E-state index contributed by atoms with van der Waals surface area (Å²) < 4.78 is 0. The third-order valence-electron chi connectivity index (χ3n) is 2.62. The first-order valence-electron chi connectivity index (χ1n) is 5.78. The monoisotopic (exact) mass is 247 g/mol. The van der Waals surface area contributed by atoms with Crippen LogP contribution in [0.2, 0.25) is 0 Å². The Morgan fingerprint density at radius 2 is 2.06 bits per heavy atom. The Hall–Kier alpha value is -1.55. The van der Waals surface area contributed by atoms with Gasteiger partial charge in [-0.25, -0.2) is 4.98 Å². The quantitative estimate of drug-likeness (QED) is 0.845. The number of hydrogen-bond donors (Lipinski definition) is 2. The summed E-state index contributed by atoms with van der Waals surface area (Å²) in [6.45, 7) is 2.18. The van der Waals surface area contributed by atoms with Crippen LogP contribution in [0.1, 0.15) is 24.3 Å². The summed E-state index contributed by atoms with van der Waals surface area (Å²) in [6.07, 6.45) is 1.05. The Kier molecular flexibility index (Phi) is 3.98. The summed E-state index contributed by atoms with van der Waals surface area (Å²) in [7, 11) is 1.88. The second-order valence-corrected chi connectivity index (χ2v) is 4.76. The highest BCUT2D eigenvalue weighted by atomic mass is 32.1. The summed E-state index contributed by atoms with van der Waals surface area (Å²) in [4.78, 5) is 5.82. The van der Waals surface area contributed by atoms with Crippen LogP contribution in [0.25, 0.3) is 0 Å². The van der Waals surface area contributed by atoms with Crippen LogP contribution in [0.4, 0.5) is 11.6 Å². The second kappa shape index (κ2) is 5.68. The number of nitrogens with zero attached hydrogens (tertiary/aromatic N) is 1. The number of thiophene rings is 1. The summed E-state index contributed by atoms with van der Waals surface area (Å²) >= 11 is 1.78. The first-order chi connectivity index (χ1) is 8.33. The van der Waals surface area contributed by atoms with E-state index in [1.54, 1.807) is 11.3 Å². The fourth-order valence-electron chi connectivity index (χ4n) is 1.70. The summed E-state index contributed by atoms with van der Waals surface area (Å²) in [5.41, 5.74) is 0. The minimum atomic E-state index is 0.342. The molecule has 0 aliphatic heterocycles. The van der Waals surface area contributed by atoms with E-state index in [2.05, 4.69) is 40.1 Å². The molecule has 0 aliphatic carbocycles. The fourth-order valence-corrected chi connectivity index (χ4v) is 2.56. The van der Waals surface area contributed by atoms with Crippen LogP contribution < -0.4 is 10.6 Å². The van der Waals surface area contributed by atoms with Crippen molar-refractivity contribution in [3.8, 4) is 0 Å². The maximum absolute atomic E-state index is 4.47. The van der Waals surface area contributed by atoms with Gasteiger partial charge in [-0.2, -0.15) is 0 Å². The Bertz CT molecular complexity index is 453. The molecule has 90 valence electrons. The van der Waals surface area contributed by atoms with Crippen molar-refractivity contribution in [2.45, 2.75) is 19.4 Å². The Morgan fingerprint density at radius 1 is 1.24 bits per heavy atom. The molecule has 0 amide bonds.